The number of nitrogens with zero attached hydrogens (tertiary/aromatic N) is 1. The van der Waals surface area contributed by atoms with Crippen LogP contribution in [0.4, 0.5) is 13.2 Å². The first-order valence-corrected chi connectivity index (χ1v) is 5.32. The van der Waals surface area contributed by atoms with Crippen molar-refractivity contribution in [1.82, 2.24) is 4.90 Å². The number of halogens is 3. The van der Waals surface area contributed by atoms with Gasteiger partial charge in [0.2, 0.25) is 5.91 Å². The molecule has 1 aliphatic heterocycles. The van der Waals surface area contributed by atoms with Gasteiger partial charge in [0.05, 0.1) is 6.54 Å². The van der Waals surface area contributed by atoms with Gasteiger partial charge in [-0.1, -0.05) is 6.92 Å². The Hall–Kier alpha value is -0.780. The standard InChI is InChI=1S/C10H14F3NO2/c1-6-4-7(6)8(15)14-3-2-9(16,5-14)10(11,12)13/h6-7,16H,2-5H2,1H3. The van der Waals surface area contributed by atoms with Crippen LogP contribution in [-0.4, -0.2) is 40.8 Å². The average molecular weight is 237 g/mol. The molecular formula is C10H14F3NO2. The van der Waals surface area contributed by atoms with Crippen molar-refractivity contribution < 1.29 is 23.1 Å². The second-order valence-electron chi connectivity index (χ2n) is 4.86. The van der Waals surface area contributed by atoms with Crippen molar-refractivity contribution in [2.24, 2.45) is 11.8 Å². The van der Waals surface area contributed by atoms with Gasteiger partial charge < -0.3 is 10.0 Å². The van der Waals surface area contributed by atoms with E-state index in [1.807, 2.05) is 6.92 Å². The second kappa shape index (κ2) is 3.35. The minimum atomic E-state index is -4.66. The monoisotopic (exact) mass is 237 g/mol. The highest BCUT2D eigenvalue weighted by Crippen LogP contribution is 2.42. The molecule has 1 saturated carbocycles. The van der Waals surface area contributed by atoms with Gasteiger partial charge in [-0.2, -0.15) is 13.2 Å². The molecule has 1 N–H and O–H groups in total. The third-order valence-electron chi connectivity index (χ3n) is 3.51. The Balaban J connectivity index is 2.00. The summed E-state index contributed by atoms with van der Waals surface area (Å²) in [5, 5.41) is 9.40. The van der Waals surface area contributed by atoms with Gasteiger partial charge in [-0.05, 0) is 12.3 Å². The van der Waals surface area contributed by atoms with Gasteiger partial charge in [-0.25, -0.2) is 0 Å². The van der Waals surface area contributed by atoms with E-state index >= 15 is 0 Å². The Morgan fingerprint density at radius 3 is 2.44 bits per heavy atom. The van der Waals surface area contributed by atoms with E-state index in [4.69, 9.17) is 0 Å². The fourth-order valence-corrected chi connectivity index (χ4v) is 2.11. The number of aliphatic hydroxyl groups is 1. The lowest BCUT2D eigenvalue weighted by molar-refractivity contribution is -0.253. The quantitative estimate of drug-likeness (QED) is 0.743. The molecule has 2 aliphatic rings. The molecule has 3 unspecified atom stereocenters. The smallest absolute Gasteiger partial charge is 0.379 e. The number of alkyl halides is 3. The molecule has 6 heteroatoms. The van der Waals surface area contributed by atoms with Crippen molar-refractivity contribution in [3.63, 3.8) is 0 Å². The van der Waals surface area contributed by atoms with Crippen LogP contribution in [0.15, 0.2) is 0 Å². The molecule has 92 valence electrons. The molecule has 0 aromatic carbocycles. The summed E-state index contributed by atoms with van der Waals surface area (Å²) in [6, 6.07) is 0. The van der Waals surface area contributed by atoms with Gasteiger partial charge in [-0.15, -0.1) is 0 Å². The molecule has 3 atom stereocenters. The van der Waals surface area contributed by atoms with Gasteiger partial charge >= 0.3 is 6.18 Å². The Bertz CT molecular complexity index is 318. The van der Waals surface area contributed by atoms with Crippen LogP contribution >= 0.6 is 0 Å². The van der Waals surface area contributed by atoms with E-state index in [9.17, 15) is 23.1 Å². The number of hydrogen-bond donors (Lipinski definition) is 1. The SMILES string of the molecule is CC1CC1C(=O)N1CCC(O)(C(F)(F)F)C1. The molecule has 0 aromatic rings. The summed E-state index contributed by atoms with van der Waals surface area (Å²) < 4.78 is 37.5. The molecule has 1 saturated heterocycles. The zero-order valence-corrected chi connectivity index (χ0v) is 8.92. The first-order chi connectivity index (χ1) is 7.24. The Kier molecular flexibility index (Phi) is 2.45. The first kappa shape index (κ1) is 11.7. The Morgan fingerprint density at radius 2 is 2.06 bits per heavy atom. The van der Waals surface area contributed by atoms with E-state index in [2.05, 4.69) is 0 Å². The number of amides is 1. The van der Waals surface area contributed by atoms with Crippen LogP contribution in [0.1, 0.15) is 19.8 Å². The number of rotatable bonds is 1. The van der Waals surface area contributed by atoms with E-state index in [1.165, 1.54) is 0 Å². The lowest BCUT2D eigenvalue weighted by Crippen LogP contribution is -2.48. The molecule has 2 rings (SSSR count). The predicted octanol–water partition coefficient (Wildman–Crippen LogP) is 1.17. The van der Waals surface area contributed by atoms with E-state index < -0.39 is 24.7 Å². The lowest BCUT2D eigenvalue weighted by Gasteiger charge is -2.25. The summed E-state index contributed by atoms with van der Waals surface area (Å²) in [6.45, 7) is 1.28. The van der Waals surface area contributed by atoms with E-state index in [0.717, 1.165) is 11.3 Å². The summed E-state index contributed by atoms with van der Waals surface area (Å²) in [7, 11) is 0. The summed E-state index contributed by atoms with van der Waals surface area (Å²) in [4.78, 5) is 12.8. The van der Waals surface area contributed by atoms with Crippen molar-refractivity contribution >= 4 is 5.91 Å². The third kappa shape index (κ3) is 1.79. The van der Waals surface area contributed by atoms with Crippen molar-refractivity contribution in [2.75, 3.05) is 13.1 Å². The van der Waals surface area contributed by atoms with Crippen LogP contribution in [-0.2, 0) is 4.79 Å². The molecular weight excluding hydrogens is 223 g/mol. The fraction of sp³-hybridized carbons (Fsp3) is 0.900. The molecule has 1 aliphatic carbocycles. The number of hydrogen-bond acceptors (Lipinski definition) is 2. The van der Waals surface area contributed by atoms with Gasteiger partial charge in [0.25, 0.3) is 0 Å². The number of carbonyl (C=O) groups is 1. The minimum absolute atomic E-state index is 0.00192. The minimum Gasteiger partial charge on any atom is -0.379 e. The van der Waals surface area contributed by atoms with Crippen molar-refractivity contribution in [3.8, 4) is 0 Å². The molecule has 0 aromatic heterocycles. The molecule has 3 nitrogen and oxygen atoms in total. The predicted molar refractivity (Wildman–Crippen MR) is 49.5 cm³/mol. The number of β-amino-alcohol motifs (C(OH)–C–C–N with tert-alkyl or cyclic N) is 1. The summed E-state index contributed by atoms with van der Waals surface area (Å²) in [5.74, 6) is -0.102. The lowest BCUT2D eigenvalue weighted by atomic mass is 10.0. The van der Waals surface area contributed by atoms with Crippen LogP contribution in [0, 0.1) is 11.8 Å². The average Bonchev–Trinajstić information content (AvgIpc) is 2.72. The largest absolute Gasteiger partial charge is 0.419 e. The molecule has 2 fully saturated rings. The molecule has 0 radical (unpaired) electrons. The highest BCUT2D eigenvalue weighted by Gasteiger charge is 2.58. The number of likely N-dealkylation sites (tertiary alicyclic amines) is 1. The summed E-state index contributed by atoms with van der Waals surface area (Å²) in [5.41, 5.74) is -2.71. The molecule has 0 bridgehead atoms. The van der Waals surface area contributed by atoms with Gasteiger partial charge in [0, 0.05) is 18.9 Å². The summed E-state index contributed by atoms with van der Waals surface area (Å²) in [6.07, 6.45) is -4.32. The molecule has 1 heterocycles. The first-order valence-electron chi connectivity index (χ1n) is 5.32. The Morgan fingerprint density at radius 1 is 1.50 bits per heavy atom. The zero-order chi connectivity index (χ0) is 12.1. The van der Waals surface area contributed by atoms with Crippen molar-refractivity contribution in [2.45, 2.75) is 31.5 Å². The van der Waals surface area contributed by atoms with Gasteiger partial charge in [0.1, 0.15) is 0 Å². The van der Waals surface area contributed by atoms with Crippen LogP contribution in [0.5, 0.6) is 0 Å². The second-order valence-corrected chi connectivity index (χ2v) is 4.86. The van der Waals surface area contributed by atoms with Crippen LogP contribution in [0.25, 0.3) is 0 Å². The van der Waals surface area contributed by atoms with Crippen molar-refractivity contribution in [1.29, 1.82) is 0 Å². The van der Waals surface area contributed by atoms with Crippen LogP contribution in [0.3, 0.4) is 0 Å². The third-order valence-corrected chi connectivity index (χ3v) is 3.51. The van der Waals surface area contributed by atoms with E-state index in [1.54, 1.807) is 0 Å². The highest BCUT2D eigenvalue weighted by molar-refractivity contribution is 5.82. The highest BCUT2D eigenvalue weighted by atomic mass is 19.4. The maximum Gasteiger partial charge on any atom is 0.419 e. The van der Waals surface area contributed by atoms with E-state index in [0.29, 0.717) is 0 Å². The van der Waals surface area contributed by atoms with Crippen molar-refractivity contribution in [3.05, 3.63) is 0 Å². The molecule has 16 heavy (non-hydrogen) atoms. The maximum absolute atomic E-state index is 12.5. The topological polar surface area (TPSA) is 40.5 Å². The zero-order valence-electron chi connectivity index (χ0n) is 8.92. The van der Waals surface area contributed by atoms with Crippen LogP contribution < -0.4 is 0 Å². The fourth-order valence-electron chi connectivity index (χ4n) is 2.11. The Labute approximate surface area is 91.2 Å². The molecule has 1 amide bonds. The number of carbonyl (C=O) groups excluding carboxylic acids is 1. The maximum atomic E-state index is 12.5. The normalized spacial score (nSPS) is 38.9. The van der Waals surface area contributed by atoms with Gasteiger partial charge in [-0.3, -0.25) is 4.79 Å². The van der Waals surface area contributed by atoms with Crippen LogP contribution in [0.2, 0.25) is 0 Å². The van der Waals surface area contributed by atoms with Gasteiger partial charge in [0.15, 0.2) is 5.60 Å². The van der Waals surface area contributed by atoms with E-state index in [-0.39, 0.29) is 24.3 Å². The molecule has 0 spiro atoms. The summed E-state index contributed by atoms with van der Waals surface area (Å²) >= 11 is 0.